The van der Waals surface area contributed by atoms with Gasteiger partial charge in [0.25, 0.3) is 0 Å². The summed E-state index contributed by atoms with van der Waals surface area (Å²) in [5.74, 6) is -0.0414. The number of amides is 1. The molecule has 3 N–H and O–H groups in total. The van der Waals surface area contributed by atoms with Crippen molar-refractivity contribution in [2.45, 2.75) is 25.6 Å². The van der Waals surface area contributed by atoms with E-state index in [1.807, 2.05) is 26.2 Å². The minimum atomic E-state index is -0.213. The molecule has 1 unspecified atom stereocenters. The largest absolute Gasteiger partial charge is 0.380 e. The minimum Gasteiger partial charge on any atom is -0.380 e. The van der Waals surface area contributed by atoms with E-state index in [0.29, 0.717) is 19.5 Å². The lowest BCUT2D eigenvalue weighted by Gasteiger charge is -2.13. The number of hydrogen-bond acceptors (Lipinski definition) is 4. The third-order valence-electron chi connectivity index (χ3n) is 2.99. The van der Waals surface area contributed by atoms with Crippen LogP contribution >= 0.6 is 24.8 Å². The van der Waals surface area contributed by atoms with Crippen LogP contribution < -0.4 is 11.1 Å². The van der Waals surface area contributed by atoms with E-state index >= 15 is 0 Å². The predicted octanol–water partition coefficient (Wildman–Crippen LogP) is 1.57. The molecule has 1 atom stereocenters. The normalized spacial score (nSPS) is 11.3. The SMILES string of the molecule is COC(CN)CC(=O)NCc1cccc(CN(C)C)c1.Cl.Cl. The Hall–Kier alpha value is -0.850. The van der Waals surface area contributed by atoms with Crippen molar-refractivity contribution < 1.29 is 9.53 Å². The fourth-order valence-electron chi connectivity index (χ4n) is 1.95. The van der Waals surface area contributed by atoms with E-state index in [1.54, 1.807) is 7.11 Å². The first kappa shape index (κ1) is 23.4. The fraction of sp³-hybridized carbons (Fsp3) is 0.533. The number of nitrogens with one attached hydrogen (secondary N) is 1. The van der Waals surface area contributed by atoms with Crippen LogP contribution in [0.1, 0.15) is 17.5 Å². The number of ether oxygens (including phenoxy) is 1. The van der Waals surface area contributed by atoms with Gasteiger partial charge in [0.05, 0.1) is 12.5 Å². The lowest BCUT2D eigenvalue weighted by atomic mass is 10.1. The maximum atomic E-state index is 11.8. The molecule has 5 nitrogen and oxygen atoms in total. The molecule has 1 aromatic carbocycles. The molecule has 128 valence electrons. The highest BCUT2D eigenvalue weighted by molar-refractivity contribution is 5.85. The molecular formula is C15H27Cl2N3O2. The maximum Gasteiger partial charge on any atom is 0.222 e. The molecule has 1 aromatic rings. The van der Waals surface area contributed by atoms with Gasteiger partial charge >= 0.3 is 0 Å². The Morgan fingerprint density at radius 1 is 1.32 bits per heavy atom. The van der Waals surface area contributed by atoms with E-state index in [0.717, 1.165) is 12.1 Å². The number of hydrogen-bond donors (Lipinski definition) is 2. The van der Waals surface area contributed by atoms with Crippen LogP contribution in [0.25, 0.3) is 0 Å². The highest BCUT2D eigenvalue weighted by Gasteiger charge is 2.10. The van der Waals surface area contributed by atoms with Crippen molar-refractivity contribution in [3.8, 4) is 0 Å². The van der Waals surface area contributed by atoms with Crippen molar-refractivity contribution >= 4 is 30.7 Å². The Bertz CT molecular complexity index is 427. The summed E-state index contributed by atoms with van der Waals surface area (Å²) in [6.07, 6.45) is 0.0831. The summed E-state index contributed by atoms with van der Waals surface area (Å²) in [4.78, 5) is 13.9. The molecule has 0 radical (unpaired) electrons. The zero-order valence-corrected chi connectivity index (χ0v) is 15.0. The summed E-state index contributed by atoms with van der Waals surface area (Å²) in [6, 6.07) is 8.21. The molecule has 0 saturated heterocycles. The molecule has 0 spiro atoms. The molecule has 0 heterocycles. The Balaban J connectivity index is 0. The molecule has 1 amide bonds. The van der Waals surface area contributed by atoms with Crippen LogP contribution in [-0.2, 0) is 22.6 Å². The molecular weight excluding hydrogens is 325 g/mol. The topological polar surface area (TPSA) is 67.6 Å². The smallest absolute Gasteiger partial charge is 0.222 e. The van der Waals surface area contributed by atoms with Crippen LogP contribution in [0.2, 0.25) is 0 Å². The third-order valence-corrected chi connectivity index (χ3v) is 2.99. The number of methoxy groups -OCH3 is 1. The van der Waals surface area contributed by atoms with Crippen LogP contribution in [0.3, 0.4) is 0 Å². The molecule has 7 heteroatoms. The molecule has 0 aliphatic heterocycles. The van der Waals surface area contributed by atoms with E-state index in [4.69, 9.17) is 10.5 Å². The van der Waals surface area contributed by atoms with Gasteiger partial charge in [-0.25, -0.2) is 0 Å². The second-order valence-electron chi connectivity index (χ2n) is 5.13. The average molecular weight is 352 g/mol. The highest BCUT2D eigenvalue weighted by Crippen LogP contribution is 2.07. The van der Waals surface area contributed by atoms with E-state index in [9.17, 15) is 4.79 Å². The predicted molar refractivity (Wildman–Crippen MR) is 94.6 cm³/mol. The van der Waals surface area contributed by atoms with Crippen molar-refractivity contribution in [1.82, 2.24) is 10.2 Å². The monoisotopic (exact) mass is 351 g/mol. The summed E-state index contributed by atoms with van der Waals surface area (Å²) >= 11 is 0. The summed E-state index contributed by atoms with van der Waals surface area (Å²) in [6.45, 7) is 1.77. The summed E-state index contributed by atoms with van der Waals surface area (Å²) in [5.41, 5.74) is 7.83. The molecule has 0 aliphatic rings. The number of rotatable bonds is 8. The zero-order valence-electron chi connectivity index (χ0n) is 13.4. The van der Waals surface area contributed by atoms with Gasteiger partial charge in [0.1, 0.15) is 0 Å². The maximum absolute atomic E-state index is 11.8. The van der Waals surface area contributed by atoms with Gasteiger partial charge in [-0.3, -0.25) is 4.79 Å². The van der Waals surface area contributed by atoms with Gasteiger partial charge in [-0.05, 0) is 25.2 Å². The number of nitrogens with zero attached hydrogens (tertiary/aromatic N) is 1. The summed E-state index contributed by atoms with van der Waals surface area (Å²) in [7, 11) is 5.63. The molecule has 0 saturated carbocycles. The molecule has 0 aromatic heterocycles. The van der Waals surface area contributed by atoms with Crippen LogP contribution in [0.4, 0.5) is 0 Å². The van der Waals surface area contributed by atoms with Crippen LogP contribution in [-0.4, -0.2) is 44.7 Å². The van der Waals surface area contributed by atoms with Crippen molar-refractivity contribution in [3.05, 3.63) is 35.4 Å². The van der Waals surface area contributed by atoms with E-state index in [1.165, 1.54) is 5.56 Å². The quantitative estimate of drug-likeness (QED) is 0.745. The molecule has 22 heavy (non-hydrogen) atoms. The molecule has 0 bridgehead atoms. The second-order valence-corrected chi connectivity index (χ2v) is 5.13. The minimum absolute atomic E-state index is 0. The number of nitrogens with two attached hydrogens (primary N) is 1. The van der Waals surface area contributed by atoms with Gasteiger partial charge in [-0.1, -0.05) is 24.3 Å². The van der Waals surface area contributed by atoms with E-state index in [2.05, 4.69) is 22.3 Å². The first-order valence-corrected chi connectivity index (χ1v) is 6.77. The average Bonchev–Trinajstić information content (AvgIpc) is 2.42. The number of carbonyl (C=O) groups is 1. The Morgan fingerprint density at radius 2 is 1.95 bits per heavy atom. The van der Waals surface area contributed by atoms with Crippen molar-refractivity contribution in [2.75, 3.05) is 27.7 Å². The number of carbonyl (C=O) groups excluding carboxylic acids is 1. The van der Waals surface area contributed by atoms with Gasteiger partial charge in [-0.2, -0.15) is 0 Å². The molecule has 1 rings (SSSR count). The van der Waals surface area contributed by atoms with Crippen molar-refractivity contribution in [1.29, 1.82) is 0 Å². The van der Waals surface area contributed by atoms with E-state index < -0.39 is 0 Å². The fourth-order valence-corrected chi connectivity index (χ4v) is 1.95. The number of benzene rings is 1. The Labute approximate surface area is 145 Å². The van der Waals surface area contributed by atoms with E-state index in [-0.39, 0.29) is 36.8 Å². The second kappa shape index (κ2) is 12.7. The first-order valence-electron chi connectivity index (χ1n) is 6.77. The van der Waals surface area contributed by atoms with Crippen LogP contribution in [0.15, 0.2) is 24.3 Å². The lowest BCUT2D eigenvalue weighted by molar-refractivity contribution is -0.123. The van der Waals surface area contributed by atoms with Crippen molar-refractivity contribution in [2.24, 2.45) is 5.73 Å². The summed E-state index contributed by atoms with van der Waals surface area (Å²) in [5, 5.41) is 2.89. The van der Waals surface area contributed by atoms with Crippen LogP contribution in [0, 0.1) is 0 Å². The molecule has 0 fully saturated rings. The van der Waals surface area contributed by atoms with Gasteiger partial charge in [0.15, 0.2) is 0 Å². The highest BCUT2D eigenvalue weighted by atomic mass is 35.5. The zero-order chi connectivity index (χ0) is 15.0. The standard InChI is InChI=1S/C15H25N3O2.2ClH/c1-18(2)11-13-6-4-5-12(7-13)10-17-15(19)8-14(9-16)20-3;;/h4-7,14H,8-11,16H2,1-3H3,(H,17,19);2*1H. The number of halogens is 2. The van der Waals surface area contributed by atoms with Gasteiger partial charge < -0.3 is 20.7 Å². The van der Waals surface area contributed by atoms with Gasteiger partial charge in [0, 0.05) is 26.7 Å². The summed E-state index contributed by atoms with van der Waals surface area (Å²) < 4.78 is 5.09. The van der Waals surface area contributed by atoms with Crippen LogP contribution in [0.5, 0.6) is 0 Å². The van der Waals surface area contributed by atoms with Crippen molar-refractivity contribution in [3.63, 3.8) is 0 Å². The third kappa shape index (κ3) is 9.23. The van der Waals surface area contributed by atoms with Gasteiger partial charge in [0.2, 0.25) is 5.91 Å². The lowest BCUT2D eigenvalue weighted by Crippen LogP contribution is -2.31. The first-order chi connectivity index (χ1) is 9.55. The Morgan fingerprint density at radius 3 is 2.50 bits per heavy atom. The van der Waals surface area contributed by atoms with Gasteiger partial charge in [-0.15, -0.1) is 24.8 Å². The Kier molecular flexibility index (Phi) is 13.5. The molecule has 0 aliphatic carbocycles.